The van der Waals surface area contributed by atoms with E-state index in [2.05, 4.69) is 47.4 Å². The lowest BCUT2D eigenvalue weighted by Gasteiger charge is -2.15. The lowest BCUT2D eigenvalue weighted by molar-refractivity contribution is -0.127. The van der Waals surface area contributed by atoms with Gasteiger partial charge >= 0.3 is 0 Å². The summed E-state index contributed by atoms with van der Waals surface area (Å²) in [6.45, 7) is 3.67. The number of fused-ring (bicyclic) bond motifs is 1. The molecular weight excluding hydrogens is 262 g/mol. The molecular formula is C17H23N3O. The van der Waals surface area contributed by atoms with E-state index in [0.29, 0.717) is 5.91 Å². The van der Waals surface area contributed by atoms with Crippen molar-refractivity contribution in [2.45, 2.75) is 25.8 Å². The Balaban J connectivity index is 1.47. The SMILES string of the molecule is Cn1cc(CNCCCN2CCCC2=O)c2ccccc21. The number of benzene rings is 1. The topological polar surface area (TPSA) is 37.3 Å². The summed E-state index contributed by atoms with van der Waals surface area (Å²) in [5.41, 5.74) is 2.61. The fourth-order valence-corrected chi connectivity index (χ4v) is 3.12. The third-order valence-electron chi connectivity index (χ3n) is 4.25. The molecule has 1 aliphatic rings. The van der Waals surface area contributed by atoms with Crippen molar-refractivity contribution in [2.75, 3.05) is 19.6 Å². The van der Waals surface area contributed by atoms with Crippen molar-refractivity contribution in [3.05, 3.63) is 36.0 Å². The number of carbonyl (C=O) groups is 1. The lowest BCUT2D eigenvalue weighted by Crippen LogP contribution is -2.28. The minimum Gasteiger partial charge on any atom is -0.350 e. The summed E-state index contributed by atoms with van der Waals surface area (Å²) in [4.78, 5) is 13.5. The molecule has 1 fully saturated rings. The summed E-state index contributed by atoms with van der Waals surface area (Å²) < 4.78 is 2.18. The van der Waals surface area contributed by atoms with Crippen LogP contribution in [-0.4, -0.2) is 35.0 Å². The molecule has 2 aromatic rings. The van der Waals surface area contributed by atoms with Crippen molar-refractivity contribution in [3.8, 4) is 0 Å². The van der Waals surface area contributed by atoms with Crippen LogP contribution < -0.4 is 5.32 Å². The first kappa shape index (κ1) is 14.1. The average Bonchev–Trinajstić information content (AvgIpc) is 3.04. The van der Waals surface area contributed by atoms with Crippen molar-refractivity contribution in [1.82, 2.24) is 14.8 Å². The summed E-state index contributed by atoms with van der Waals surface area (Å²) in [7, 11) is 2.09. The predicted molar refractivity (Wildman–Crippen MR) is 85.1 cm³/mol. The van der Waals surface area contributed by atoms with E-state index in [1.807, 2.05) is 4.90 Å². The fraction of sp³-hybridized carbons (Fsp3) is 0.471. The number of para-hydroxylation sites is 1. The second-order valence-electron chi connectivity index (χ2n) is 5.80. The van der Waals surface area contributed by atoms with Gasteiger partial charge in [-0.1, -0.05) is 18.2 Å². The van der Waals surface area contributed by atoms with Crippen molar-refractivity contribution in [3.63, 3.8) is 0 Å². The smallest absolute Gasteiger partial charge is 0.222 e. The predicted octanol–water partition coefficient (Wildman–Crippen LogP) is 2.28. The van der Waals surface area contributed by atoms with Gasteiger partial charge < -0.3 is 14.8 Å². The Hall–Kier alpha value is -1.81. The molecule has 0 aliphatic carbocycles. The average molecular weight is 285 g/mol. The Kier molecular flexibility index (Phi) is 4.25. The minimum absolute atomic E-state index is 0.323. The summed E-state index contributed by atoms with van der Waals surface area (Å²) in [5.74, 6) is 0.323. The van der Waals surface area contributed by atoms with Gasteiger partial charge in [-0.3, -0.25) is 4.79 Å². The van der Waals surface area contributed by atoms with Gasteiger partial charge in [0, 0.05) is 50.2 Å². The molecule has 21 heavy (non-hydrogen) atoms. The standard InChI is InChI=1S/C17H23N3O/c1-19-13-14(15-6-2-3-7-16(15)19)12-18-9-5-11-20-10-4-8-17(20)21/h2-3,6-7,13,18H,4-5,8-12H2,1H3. The molecule has 1 saturated heterocycles. The third-order valence-corrected chi connectivity index (χ3v) is 4.25. The van der Waals surface area contributed by atoms with Crippen LogP contribution in [0.4, 0.5) is 0 Å². The Morgan fingerprint density at radius 2 is 2.14 bits per heavy atom. The van der Waals surface area contributed by atoms with E-state index < -0.39 is 0 Å². The van der Waals surface area contributed by atoms with Crippen LogP contribution in [0.25, 0.3) is 10.9 Å². The number of likely N-dealkylation sites (tertiary alicyclic amines) is 1. The molecule has 112 valence electrons. The maximum absolute atomic E-state index is 11.5. The maximum atomic E-state index is 11.5. The molecule has 3 rings (SSSR count). The van der Waals surface area contributed by atoms with Crippen LogP contribution in [0.5, 0.6) is 0 Å². The number of hydrogen-bond donors (Lipinski definition) is 1. The molecule has 0 bridgehead atoms. The molecule has 4 heteroatoms. The van der Waals surface area contributed by atoms with Gasteiger partial charge in [-0.2, -0.15) is 0 Å². The van der Waals surface area contributed by atoms with E-state index in [4.69, 9.17) is 0 Å². The highest BCUT2D eigenvalue weighted by Crippen LogP contribution is 2.19. The summed E-state index contributed by atoms with van der Waals surface area (Å²) >= 11 is 0. The van der Waals surface area contributed by atoms with Crippen LogP contribution in [0, 0.1) is 0 Å². The summed E-state index contributed by atoms with van der Waals surface area (Å²) in [5, 5.41) is 4.82. The Labute approximate surface area is 125 Å². The van der Waals surface area contributed by atoms with Crippen molar-refractivity contribution in [1.29, 1.82) is 0 Å². The number of aryl methyl sites for hydroxylation is 1. The van der Waals surface area contributed by atoms with E-state index in [-0.39, 0.29) is 0 Å². The fourth-order valence-electron chi connectivity index (χ4n) is 3.12. The third kappa shape index (κ3) is 3.10. The second kappa shape index (κ2) is 6.31. The van der Waals surface area contributed by atoms with Gasteiger partial charge in [0.2, 0.25) is 5.91 Å². The van der Waals surface area contributed by atoms with Crippen molar-refractivity contribution in [2.24, 2.45) is 7.05 Å². The van der Waals surface area contributed by atoms with E-state index in [1.54, 1.807) is 0 Å². The number of rotatable bonds is 6. The van der Waals surface area contributed by atoms with Crippen LogP contribution in [-0.2, 0) is 18.4 Å². The monoisotopic (exact) mass is 285 g/mol. The van der Waals surface area contributed by atoms with Crippen molar-refractivity contribution < 1.29 is 4.79 Å². The van der Waals surface area contributed by atoms with E-state index in [9.17, 15) is 4.79 Å². The molecule has 0 saturated carbocycles. The molecule has 0 spiro atoms. The molecule has 0 radical (unpaired) electrons. The van der Waals surface area contributed by atoms with E-state index >= 15 is 0 Å². The second-order valence-corrected chi connectivity index (χ2v) is 5.80. The zero-order valence-electron chi connectivity index (χ0n) is 12.6. The van der Waals surface area contributed by atoms with Gasteiger partial charge in [-0.15, -0.1) is 0 Å². The van der Waals surface area contributed by atoms with Gasteiger partial charge in [-0.25, -0.2) is 0 Å². The van der Waals surface area contributed by atoms with Crippen molar-refractivity contribution >= 4 is 16.8 Å². The van der Waals surface area contributed by atoms with Crippen LogP contribution in [0.1, 0.15) is 24.8 Å². The molecule has 2 heterocycles. The quantitative estimate of drug-likeness (QED) is 0.827. The number of hydrogen-bond acceptors (Lipinski definition) is 2. The normalized spacial score (nSPS) is 15.3. The van der Waals surface area contributed by atoms with Gasteiger partial charge in [-0.05, 0) is 31.0 Å². The van der Waals surface area contributed by atoms with E-state index in [1.165, 1.54) is 16.5 Å². The largest absolute Gasteiger partial charge is 0.350 e. The molecule has 1 amide bonds. The van der Waals surface area contributed by atoms with Gasteiger partial charge in [0.05, 0.1) is 0 Å². The molecule has 0 atom stereocenters. The molecule has 4 nitrogen and oxygen atoms in total. The number of nitrogens with one attached hydrogen (secondary N) is 1. The number of nitrogens with zero attached hydrogens (tertiary/aromatic N) is 2. The van der Waals surface area contributed by atoms with Crippen LogP contribution in [0.2, 0.25) is 0 Å². The molecule has 1 aromatic heterocycles. The maximum Gasteiger partial charge on any atom is 0.222 e. The van der Waals surface area contributed by atoms with Gasteiger partial charge in [0.1, 0.15) is 0 Å². The minimum atomic E-state index is 0.323. The first-order valence-corrected chi connectivity index (χ1v) is 7.77. The molecule has 0 unspecified atom stereocenters. The number of aromatic nitrogens is 1. The highest BCUT2D eigenvalue weighted by molar-refractivity contribution is 5.83. The van der Waals surface area contributed by atoms with Gasteiger partial charge in [0.15, 0.2) is 0 Å². The Morgan fingerprint density at radius 3 is 2.95 bits per heavy atom. The zero-order chi connectivity index (χ0) is 14.7. The van der Waals surface area contributed by atoms with E-state index in [0.717, 1.165) is 45.4 Å². The molecule has 1 aromatic carbocycles. The molecule has 1 aliphatic heterocycles. The van der Waals surface area contributed by atoms with Crippen LogP contribution in [0.15, 0.2) is 30.5 Å². The Bertz CT molecular complexity index is 632. The Morgan fingerprint density at radius 1 is 1.29 bits per heavy atom. The first-order valence-electron chi connectivity index (χ1n) is 7.77. The summed E-state index contributed by atoms with van der Waals surface area (Å²) in [6, 6.07) is 8.49. The number of amides is 1. The summed E-state index contributed by atoms with van der Waals surface area (Å²) in [6.07, 6.45) is 4.99. The molecule has 1 N–H and O–H groups in total. The first-order chi connectivity index (χ1) is 10.3. The highest BCUT2D eigenvalue weighted by atomic mass is 16.2. The number of carbonyl (C=O) groups excluding carboxylic acids is 1. The zero-order valence-corrected chi connectivity index (χ0v) is 12.6. The van der Waals surface area contributed by atoms with Crippen LogP contribution in [0.3, 0.4) is 0 Å². The highest BCUT2D eigenvalue weighted by Gasteiger charge is 2.18. The van der Waals surface area contributed by atoms with Crippen LogP contribution >= 0.6 is 0 Å². The lowest BCUT2D eigenvalue weighted by atomic mass is 10.2. The van der Waals surface area contributed by atoms with Gasteiger partial charge in [0.25, 0.3) is 0 Å².